The summed E-state index contributed by atoms with van der Waals surface area (Å²) in [5, 5.41) is 27.2. The molecule has 3 aromatic rings. The molecule has 8 nitrogen and oxygen atoms in total. The molecule has 0 aliphatic carbocycles. The van der Waals surface area contributed by atoms with E-state index in [4.69, 9.17) is 16.2 Å². The van der Waals surface area contributed by atoms with Crippen molar-refractivity contribution in [3.05, 3.63) is 76.3 Å². The van der Waals surface area contributed by atoms with Gasteiger partial charge in [0, 0.05) is 49.2 Å². The van der Waals surface area contributed by atoms with Crippen LogP contribution in [0.1, 0.15) is 18.5 Å². The maximum Gasteiger partial charge on any atom is 0.260 e. The van der Waals surface area contributed by atoms with Crippen molar-refractivity contribution >= 4 is 28.5 Å². The molecule has 9 heteroatoms. The van der Waals surface area contributed by atoms with Crippen LogP contribution in [-0.4, -0.2) is 33.2 Å². The Morgan fingerprint density at radius 1 is 1.38 bits per heavy atom. The first-order valence-electron chi connectivity index (χ1n) is 8.78. The summed E-state index contributed by atoms with van der Waals surface area (Å²) < 4.78 is 16.8. The van der Waals surface area contributed by atoms with Crippen molar-refractivity contribution in [1.29, 1.82) is 16.2 Å². The summed E-state index contributed by atoms with van der Waals surface area (Å²) in [6.45, 7) is 1.63. The third kappa shape index (κ3) is 3.62. The molecule has 148 valence electrons. The molecule has 3 rings (SSSR count). The lowest BCUT2D eigenvalue weighted by molar-refractivity contribution is 0.580. The van der Waals surface area contributed by atoms with Gasteiger partial charge in [-0.1, -0.05) is 0 Å². The molecule has 0 aliphatic heterocycles. The van der Waals surface area contributed by atoms with Crippen molar-refractivity contribution in [1.82, 2.24) is 19.4 Å². The van der Waals surface area contributed by atoms with Crippen LogP contribution >= 0.6 is 0 Å². The van der Waals surface area contributed by atoms with Crippen molar-refractivity contribution in [3.63, 3.8) is 0 Å². The molecular weight excluding hydrogens is 373 g/mol. The first-order valence-corrected chi connectivity index (χ1v) is 8.78. The Kier molecular flexibility index (Phi) is 5.49. The first-order chi connectivity index (χ1) is 13.9. The minimum Gasteiger partial charge on any atom is -0.393 e. The van der Waals surface area contributed by atoms with E-state index in [0.29, 0.717) is 22.0 Å². The summed E-state index contributed by atoms with van der Waals surface area (Å²) in [6, 6.07) is 5.35. The summed E-state index contributed by atoms with van der Waals surface area (Å²) in [5.41, 5.74) is 0.424. The predicted molar refractivity (Wildman–Crippen MR) is 110 cm³/mol. The molecule has 0 spiro atoms. The van der Waals surface area contributed by atoms with Crippen LogP contribution in [0.5, 0.6) is 0 Å². The summed E-state index contributed by atoms with van der Waals surface area (Å²) in [4.78, 5) is 17.0. The van der Waals surface area contributed by atoms with Crippen LogP contribution in [0.4, 0.5) is 4.39 Å². The zero-order valence-corrected chi connectivity index (χ0v) is 15.9. The number of hydrogen-bond donors (Lipinski definition) is 4. The number of nitrogens with zero attached hydrogens (tertiary/aromatic N) is 3. The largest absolute Gasteiger partial charge is 0.393 e. The lowest BCUT2D eigenvalue weighted by Crippen LogP contribution is -2.37. The highest BCUT2D eigenvalue weighted by Crippen LogP contribution is 2.14. The Labute approximate surface area is 165 Å². The monoisotopic (exact) mass is 393 g/mol. The third-order valence-electron chi connectivity index (χ3n) is 4.58. The molecule has 0 bridgehead atoms. The number of halogens is 1. The van der Waals surface area contributed by atoms with Gasteiger partial charge in [0.25, 0.3) is 5.56 Å². The van der Waals surface area contributed by atoms with Crippen LogP contribution in [0.3, 0.4) is 0 Å². The zero-order chi connectivity index (χ0) is 21.1. The average molecular weight is 393 g/mol. The molecule has 0 radical (unpaired) electrons. The van der Waals surface area contributed by atoms with Crippen molar-refractivity contribution in [2.75, 3.05) is 7.05 Å². The van der Waals surface area contributed by atoms with E-state index in [1.165, 1.54) is 23.2 Å². The number of allylic oxidation sites excluding steroid dienone is 1. The lowest BCUT2D eigenvalue weighted by Gasteiger charge is -2.20. The van der Waals surface area contributed by atoms with Gasteiger partial charge >= 0.3 is 0 Å². The van der Waals surface area contributed by atoms with E-state index in [1.54, 1.807) is 38.4 Å². The maximum atomic E-state index is 14.4. The van der Waals surface area contributed by atoms with Crippen molar-refractivity contribution in [2.24, 2.45) is 0 Å². The molecule has 1 unspecified atom stereocenters. The molecule has 0 amide bonds. The molecule has 0 saturated heterocycles. The van der Waals surface area contributed by atoms with Crippen molar-refractivity contribution in [2.45, 2.75) is 13.0 Å². The van der Waals surface area contributed by atoms with E-state index < -0.39 is 17.3 Å². The van der Waals surface area contributed by atoms with Gasteiger partial charge in [-0.05, 0) is 31.2 Å². The summed E-state index contributed by atoms with van der Waals surface area (Å²) >= 11 is 0. The Morgan fingerprint density at radius 2 is 2.14 bits per heavy atom. The molecule has 0 aromatic carbocycles. The lowest BCUT2D eigenvalue weighted by atomic mass is 10.1. The Bertz CT molecular complexity index is 1260. The summed E-state index contributed by atoms with van der Waals surface area (Å²) in [7, 11) is 1.65. The maximum absolute atomic E-state index is 14.4. The van der Waals surface area contributed by atoms with Gasteiger partial charge in [0.1, 0.15) is 5.84 Å². The molecular formula is C20H20FN7O. The van der Waals surface area contributed by atoms with Crippen LogP contribution in [-0.2, 0) is 0 Å². The van der Waals surface area contributed by atoms with E-state index in [1.807, 2.05) is 0 Å². The minimum absolute atomic E-state index is 0.158. The van der Waals surface area contributed by atoms with Crippen LogP contribution in [0, 0.1) is 22.0 Å². The molecule has 3 aromatic heterocycles. The second-order valence-electron chi connectivity index (χ2n) is 6.35. The minimum atomic E-state index is -0.835. The Morgan fingerprint density at radius 3 is 2.83 bits per heavy atom. The molecule has 1 atom stereocenters. The summed E-state index contributed by atoms with van der Waals surface area (Å²) in [6.07, 6.45) is 7.10. The molecule has 29 heavy (non-hydrogen) atoms. The average Bonchev–Trinajstić information content (AvgIpc) is 2.73. The van der Waals surface area contributed by atoms with E-state index in [2.05, 4.69) is 10.3 Å². The molecule has 3 heterocycles. The molecule has 0 aliphatic rings. The Balaban J connectivity index is 2.11. The van der Waals surface area contributed by atoms with Gasteiger partial charge in [0.05, 0.1) is 16.9 Å². The quantitative estimate of drug-likeness (QED) is 0.392. The Hall–Kier alpha value is -3.88. The molecule has 0 fully saturated rings. The smallest absolute Gasteiger partial charge is 0.260 e. The van der Waals surface area contributed by atoms with Gasteiger partial charge in [-0.15, -0.1) is 0 Å². The van der Waals surface area contributed by atoms with Crippen LogP contribution < -0.4 is 16.4 Å². The number of hydrogen-bond acceptors (Lipinski definition) is 6. The fourth-order valence-electron chi connectivity index (χ4n) is 3.00. The number of fused-ring (bicyclic) bond motifs is 1. The number of rotatable bonds is 5. The standard InChI is InChI=1S/C20H20FN7O/c1-12(27-7-5-17-15(20(27)29)4-3-6-26-17)18(23)28-11-13(8-16(21)19(28)24)14(9-22)10-25-2/h3-12,22-25H,1-2H3/b14-10+,22-9?,23-18?,24-19?. The van der Waals surface area contributed by atoms with Crippen LogP contribution in [0.2, 0.25) is 0 Å². The highest BCUT2D eigenvalue weighted by Gasteiger charge is 2.18. The van der Waals surface area contributed by atoms with Gasteiger partial charge < -0.3 is 15.3 Å². The van der Waals surface area contributed by atoms with Gasteiger partial charge in [0.15, 0.2) is 11.3 Å². The number of aromatic nitrogens is 3. The van der Waals surface area contributed by atoms with Crippen molar-refractivity contribution in [3.8, 4) is 0 Å². The van der Waals surface area contributed by atoms with E-state index in [0.717, 1.165) is 16.8 Å². The van der Waals surface area contributed by atoms with Crippen molar-refractivity contribution < 1.29 is 4.39 Å². The van der Waals surface area contributed by atoms with Crippen LogP contribution in [0.15, 0.2) is 53.9 Å². The number of pyridine rings is 3. The molecule has 0 saturated carbocycles. The fraction of sp³-hybridized carbons (Fsp3) is 0.150. The SMILES string of the molecule is CN/C=C(\C=N)c1cc(F)c(=N)n(C(=N)C(C)n2ccc3ncccc3c2=O)c1. The predicted octanol–water partition coefficient (Wildman–Crippen LogP) is 2.11. The van der Waals surface area contributed by atoms with E-state index in [9.17, 15) is 9.18 Å². The van der Waals surface area contributed by atoms with E-state index in [-0.39, 0.29) is 11.4 Å². The zero-order valence-electron chi connectivity index (χ0n) is 15.9. The second-order valence-corrected chi connectivity index (χ2v) is 6.35. The third-order valence-corrected chi connectivity index (χ3v) is 4.58. The molecule has 4 N–H and O–H groups in total. The first kappa shape index (κ1) is 19.9. The normalized spacial score (nSPS) is 12.6. The summed E-state index contributed by atoms with van der Waals surface area (Å²) in [5.74, 6) is -0.992. The number of nitrogens with one attached hydrogen (secondary N) is 4. The fourth-order valence-corrected chi connectivity index (χ4v) is 3.00. The van der Waals surface area contributed by atoms with E-state index >= 15 is 0 Å². The highest BCUT2D eigenvalue weighted by molar-refractivity contribution is 6.08. The topological polar surface area (TPSA) is 123 Å². The van der Waals surface area contributed by atoms with Gasteiger partial charge in [-0.2, -0.15) is 0 Å². The second kappa shape index (κ2) is 8.01. The van der Waals surface area contributed by atoms with Gasteiger partial charge in [0.2, 0.25) is 0 Å². The van der Waals surface area contributed by atoms with Gasteiger partial charge in [-0.3, -0.25) is 25.2 Å². The van der Waals surface area contributed by atoms with Gasteiger partial charge in [-0.25, -0.2) is 4.39 Å². The van der Waals surface area contributed by atoms with Crippen LogP contribution in [0.25, 0.3) is 16.5 Å². The highest BCUT2D eigenvalue weighted by atomic mass is 19.1.